The molecule has 2 N–H and O–H groups in total. The third kappa shape index (κ3) is 2.34. The largest absolute Gasteiger partial charge is 0.383 e. The lowest BCUT2D eigenvalue weighted by molar-refractivity contribution is 0.621. The van der Waals surface area contributed by atoms with Crippen LogP contribution >= 0.6 is 15.9 Å². The zero-order valence-electron chi connectivity index (χ0n) is 10.3. The van der Waals surface area contributed by atoms with Crippen molar-refractivity contribution in [1.29, 1.82) is 0 Å². The number of aromatic nitrogens is 2. The second kappa shape index (κ2) is 4.89. The maximum absolute atomic E-state index is 13.3. The molecule has 0 radical (unpaired) electrons. The summed E-state index contributed by atoms with van der Waals surface area (Å²) >= 11 is 3.17. The molecule has 0 atom stereocenters. The summed E-state index contributed by atoms with van der Waals surface area (Å²) in [5, 5.41) is 0. The molecule has 0 amide bonds. The molecule has 1 aromatic heterocycles. The first-order valence-corrected chi connectivity index (χ1v) is 7.05. The zero-order valence-corrected chi connectivity index (χ0v) is 11.9. The lowest BCUT2D eigenvalue weighted by Gasteiger charge is -2.17. The van der Waals surface area contributed by atoms with Gasteiger partial charge >= 0.3 is 0 Å². The summed E-state index contributed by atoms with van der Waals surface area (Å²) in [6.45, 7) is 0. The molecular formula is C14H13BrFN3. The van der Waals surface area contributed by atoms with Crippen LogP contribution in [0.25, 0.3) is 11.4 Å². The predicted octanol–water partition coefficient (Wildman–Crippen LogP) is 3.51. The van der Waals surface area contributed by atoms with Crippen molar-refractivity contribution in [3.63, 3.8) is 0 Å². The number of nitrogen functional groups attached to an aromatic ring is 1. The van der Waals surface area contributed by atoms with E-state index in [9.17, 15) is 4.39 Å². The molecule has 1 aliphatic carbocycles. The van der Waals surface area contributed by atoms with Gasteiger partial charge in [0.1, 0.15) is 11.6 Å². The molecule has 1 aliphatic rings. The smallest absolute Gasteiger partial charge is 0.161 e. The standard InChI is InChI=1S/C14H13BrFN3/c15-10-7-8(5-6-11(10)16)14-18-12-4-2-1-3-9(12)13(17)19-14/h5-7H,1-4H2,(H2,17,18,19). The normalized spacial score (nSPS) is 14.2. The molecule has 19 heavy (non-hydrogen) atoms. The molecule has 5 heteroatoms. The first kappa shape index (κ1) is 12.5. The highest BCUT2D eigenvalue weighted by Gasteiger charge is 2.17. The molecule has 98 valence electrons. The quantitative estimate of drug-likeness (QED) is 0.874. The fourth-order valence-corrected chi connectivity index (χ4v) is 2.77. The molecule has 3 rings (SSSR count). The summed E-state index contributed by atoms with van der Waals surface area (Å²) in [4.78, 5) is 8.93. The van der Waals surface area contributed by atoms with E-state index in [0.29, 0.717) is 16.1 Å². The average Bonchev–Trinajstić information content (AvgIpc) is 2.42. The molecule has 1 heterocycles. The molecule has 0 saturated carbocycles. The van der Waals surface area contributed by atoms with Crippen LogP contribution in [0.5, 0.6) is 0 Å². The Kier molecular flexibility index (Phi) is 3.22. The first-order valence-electron chi connectivity index (χ1n) is 6.26. The number of fused-ring (bicyclic) bond motifs is 1. The van der Waals surface area contributed by atoms with Gasteiger partial charge < -0.3 is 5.73 Å². The van der Waals surface area contributed by atoms with Crippen LogP contribution in [0.15, 0.2) is 22.7 Å². The topological polar surface area (TPSA) is 51.8 Å². The number of hydrogen-bond donors (Lipinski definition) is 1. The van der Waals surface area contributed by atoms with Gasteiger partial charge in [0.05, 0.1) is 4.47 Å². The monoisotopic (exact) mass is 321 g/mol. The van der Waals surface area contributed by atoms with E-state index >= 15 is 0 Å². The van der Waals surface area contributed by atoms with Crippen molar-refractivity contribution in [3.05, 3.63) is 39.7 Å². The Balaban J connectivity index is 2.10. The maximum Gasteiger partial charge on any atom is 0.161 e. The van der Waals surface area contributed by atoms with Crippen LogP contribution < -0.4 is 5.73 Å². The van der Waals surface area contributed by atoms with Crippen molar-refractivity contribution >= 4 is 21.7 Å². The molecule has 0 spiro atoms. The van der Waals surface area contributed by atoms with Crippen LogP contribution in [0.2, 0.25) is 0 Å². The molecule has 2 aromatic rings. The molecule has 1 aromatic carbocycles. The average molecular weight is 322 g/mol. The summed E-state index contributed by atoms with van der Waals surface area (Å²) in [7, 11) is 0. The van der Waals surface area contributed by atoms with E-state index < -0.39 is 0 Å². The fraction of sp³-hybridized carbons (Fsp3) is 0.286. The molecule has 0 unspecified atom stereocenters. The molecule has 0 fully saturated rings. The Bertz CT molecular complexity index is 643. The van der Waals surface area contributed by atoms with E-state index in [0.717, 1.165) is 42.5 Å². The summed E-state index contributed by atoms with van der Waals surface area (Å²) in [6, 6.07) is 4.75. The number of anilines is 1. The maximum atomic E-state index is 13.3. The zero-order chi connectivity index (χ0) is 13.4. The minimum Gasteiger partial charge on any atom is -0.383 e. The number of aryl methyl sites for hydroxylation is 1. The van der Waals surface area contributed by atoms with Crippen LogP contribution in [-0.4, -0.2) is 9.97 Å². The Morgan fingerprint density at radius 2 is 1.95 bits per heavy atom. The van der Waals surface area contributed by atoms with E-state index in [1.807, 2.05) is 0 Å². The summed E-state index contributed by atoms with van der Waals surface area (Å²) < 4.78 is 13.7. The van der Waals surface area contributed by atoms with Crippen molar-refractivity contribution in [2.45, 2.75) is 25.7 Å². The number of halogens is 2. The minimum absolute atomic E-state index is 0.297. The highest BCUT2D eigenvalue weighted by Crippen LogP contribution is 2.28. The highest BCUT2D eigenvalue weighted by molar-refractivity contribution is 9.10. The van der Waals surface area contributed by atoms with Gasteiger partial charge in [0, 0.05) is 16.8 Å². The minimum atomic E-state index is -0.297. The Labute approximate surface area is 119 Å². The Morgan fingerprint density at radius 1 is 1.16 bits per heavy atom. The molecule has 0 aliphatic heterocycles. The summed E-state index contributed by atoms with van der Waals surface area (Å²) in [5.41, 5.74) is 8.90. The lowest BCUT2D eigenvalue weighted by atomic mass is 9.96. The number of nitrogens with two attached hydrogens (primary N) is 1. The van der Waals surface area contributed by atoms with Crippen molar-refractivity contribution in [1.82, 2.24) is 9.97 Å². The van der Waals surface area contributed by atoms with E-state index in [4.69, 9.17) is 5.73 Å². The van der Waals surface area contributed by atoms with Crippen LogP contribution in [-0.2, 0) is 12.8 Å². The van der Waals surface area contributed by atoms with Gasteiger partial charge in [-0.1, -0.05) is 0 Å². The molecule has 3 nitrogen and oxygen atoms in total. The molecule has 0 saturated heterocycles. The Hall–Kier alpha value is -1.49. The van der Waals surface area contributed by atoms with Gasteiger partial charge in [-0.25, -0.2) is 14.4 Å². The van der Waals surface area contributed by atoms with Crippen molar-refractivity contribution in [2.24, 2.45) is 0 Å². The summed E-state index contributed by atoms with van der Waals surface area (Å²) in [5.74, 6) is 0.827. The fourth-order valence-electron chi connectivity index (χ4n) is 2.39. The predicted molar refractivity (Wildman–Crippen MR) is 76.2 cm³/mol. The van der Waals surface area contributed by atoms with Gasteiger partial charge in [-0.3, -0.25) is 0 Å². The second-order valence-corrected chi connectivity index (χ2v) is 5.55. The number of benzene rings is 1. The first-order chi connectivity index (χ1) is 9.15. The third-order valence-corrected chi connectivity index (χ3v) is 4.00. The van der Waals surface area contributed by atoms with E-state index in [-0.39, 0.29) is 5.82 Å². The van der Waals surface area contributed by atoms with Crippen LogP contribution in [0.4, 0.5) is 10.2 Å². The van der Waals surface area contributed by atoms with Crippen molar-refractivity contribution in [3.8, 4) is 11.4 Å². The van der Waals surface area contributed by atoms with Gasteiger partial charge in [-0.2, -0.15) is 0 Å². The van der Waals surface area contributed by atoms with E-state index in [1.165, 1.54) is 6.07 Å². The van der Waals surface area contributed by atoms with E-state index in [1.54, 1.807) is 12.1 Å². The number of hydrogen-bond acceptors (Lipinski definition) is 3. The van der Waals surface area contributed by atoms with E-state index in [2.05, 4.69) is 25.9 Å². The van der Waals surface area contributed by atoms with Crippen LogP contribution in [0.3, 0.4) is 0 Å². The van der Waals surface area contributed by atoms with Crippen molar-refractivity contribution < 1.29 is 4.39 Å². The molecular weight excluding hydrogens is 309 g/mol. The molecule has 0 bridgehead atoms. The second-order valence-electron chi connectivity index (χ2n) is 4.69. The third-order valence-electron chi connectivity index (χ3n) is 3.39. The van der Waals surface area contributed by atoms with Gasteiger partial charge in [-0.05, 0) is 59.8 Å². The van der Waals surface area contributed by atoms with Gasteiger partial charge in [0.15, 0.2) is 5.82 Å². The number of nitrogens with zero attached hydrogens (tertiary/aromatic N) is 2. The van der Waals surface area contributed by atoms with Gasteiger partial charge in [0.2, 0.25) is 0 Å². The van der Waals surface area contributed by atoms with Crippen molar-refractivity contribution in [2.75, 3.05) is 5.73 Å². The van der Waals surface area contributed by atoms with Crippen LogP contribution in [0, 0.1) is 5.82 Å². The van der Waals surface area contributed by atoms with Gasteiger partial charge in [0.25, 0.3) is 0 Å². The van der Waals surface area contributed by atoms with Crippen LogP contribution in [0.1, 0.15) is 24.1 Å². The SMILES string of the molecule is Nc1nc(-c2ccc(F)c(Br)c2)nc2c1CCCC2. The number of rotatable bonds is 1. The summed E-state index contributed by atoms with van der Waals surface area (Å²) in [6.07, 6.45) is 4.17. The highest BCUT2D eigenvalue weighted by atomic mass is 79.9. The van der Waals surface area contributed by atoms with Gasteiger partial charge in [-0.15, -0.1) is 0 Å². The Morgan fingerprint density at radius 3 is 2.74 bits per heavy atom. The lowest BCUT2D eigenvalue weighted by Crippen LogP contribution is -2.11.